The summed E-state index contributed by atoms with van der Waals surface area (Å²) in [5.74, 6) is -4.85. The number of hydrogen-bond donors (Lipinski definition) is 1. The van der Waals surface area contributed by atoms with Crippen LogP contribution in [0, 0.1) is 29.3 Å². The van der Waals surface area contributed by atoms with E-state index in [1.54, 1.807) is 31.2 Å². The Kier molecular flexibility index (Phi) is 7.24. The number of hydrogen-bond acceptors (Lipinski definition) is 3. The molecule has 1 unspecified atom stereocenters. The second-order valence-electron chi connectivity index (χ2n) is 10.1. The summed E-state index contributed by atoms with van der Waals surface area (Å²) in [7, 11) is 0. The number of carbonyl (C=O) groups is 1. The summed E-state index contributed by atoms with van der Waals surface area (Å²) in [5.41, 5.74) is -0.416. The number of nitrogens with zero attached hydrogens (tertiary/aromatic N) is 3. The van der Waals surface area contributed by atoms with Gasteiger partial charge in [0.05, 0.1) is 23.7 Å². The molecule has 1 aliphatic heterocycles. The van der Waals surface area contributed by atoms with E-state index in [2.05, 4.69) is 10.00 Å². The van der Waals surface area contributed by atoms with Crippen LogP contribution in [0.2, 0.25) is 0 Å². The third kappa shape index (κ3) is 5.24. The summed E-state index contributed by atoms with van der Waals surface area (Å²) >= 11 is 0. The van der Waals surface area contributed by atoms with Crippen molar-refractivity contribution in [1.82, 2.24) is 9.78 Å². The van der Waals surface area contributed by atoms with E-state index >= 15 is 0 Å². The van der Waals surface area contributed by atoms with E-state index < -0.39 is 53.2 Å². The van der Waals surface area contributed by atoms with Crippen molar-refractivity contribution in [2.45, 2.75) is 32.5 Å². The Morgan fingerprint density at radius 2 is 1.75 bits per heavy atom. The van der Waals surface area contributed by atoms with Gasteiger partial charge in [0.1, 0.15) is 23.0 Å². The third-order valence-electron chi connectivity index (χ3n) is 7.55. The van der Waals surface area contributed by atoms with Gasteiger partial charge < -0.3 is 10.0 Å². The molecule has 0 radical (unpaired) electrons. The van der Waals surface area contributed by atoms with Crippen LogP contribution in [0.1, 0.15) is 30.9 Å². The van der Waals surface area contributed by atoms with Gasteiger partial charge in [0.2, 0.25) is 0 Å². The molecule has 2 heterocycles. The summed E-state index contributed by atoms with van der Waals surface area (Å²) in [6.07, 6.45) is -3.11. The number of piperidine rings is 1. The van der Waals surface area contributed by atoms with Gasteiger partial charge in [0, 0.05) is 47.4 Å². The van der Waals surface area contributed by atoms with Gasteiger partial charge in [-0.3, -0.25) is 9.48 Å². The molecule has 0 amide bonds. The Morgan fingerprint density at radius 1 is 1.07 bits per heavy atom. The van der Waals surface area contributed by atoms with Crippen LogP contribution in [0.25, 0.3) is 22.2 Å². The van der Waals surface area contributed by atoms with E-state index in [9.17, 15) is 36.2 Å². The zero-order valence-corrected chi connectivity index (χ0v) is 21.4. The van der Waals surface area contributed by atoms with Crippen molar-refractivity contribution >= 4 is 22.6 Å². The smallest absolute Gasteiger partial charge is 0.418 e. The zero-order valence-electron chi connectivity index (χ0n) is 21.4. The molecule has 5 nitrogen and oxygen atoms in total. The number of anilines is 1. The molecule has 5 rings (SSSR count). The molecule has 210 valence electrons. The summed E-state index contributed by atoms with van der Waals surface area (Å²) in [5, 5.41) is 13.7. The fourth-order valence-corrected chi connectivity index (χ4v) is 5.36. The minimum absolute atomic E-state index is 0.0300. The van der Waals surface area contributed by atoms with Gasteiger partial charge in [-0.15, -0.1) is 0 Å². The second-order valence-corrected chi connectivity index (χ2v) is 10.1. The van der Waals surface area contributed by atoms with E-state index in [4.69, 9.17) is 0 Å². The maximum atomic E-state index is 14.5. The van der Waals surface area contributed by atoms with Crippen LogP contribution in [0.5, 0.6) is 0 Å². The van der Waals surface area contributed by atoms with Crippen molar-refractivity contribution < 1.29 is 36.2 Å². The Labute approximate surface area is 225 Å². The highest BCUT2D eigenvalue weighted by atomic mass is 19.4. The monoisotopic (exact) mass is 561 g/mol. The molecule has 1 fully saturated rings. The maximum Gasteiger partial charge on any atom is 0.418 e. The SMILES string of the molecule is CC(C(=O)O)[C@H]1CCCN(c2ccc(-c3c4cccc(C(F)(F)F)c4nn3Cc3c(F)cc(F)cc3F)cc2)C1. The second kappa shape index (κ2) is 10.5. The average molecular weight is 562 g/mol. The number of alkyl halides is 3. The summed E-state index contributed by atoms with van der Waals surface area (Å²) in [4.78, 5) is 13.5. The topological polar surface area (TPSA) is 58.4 Å². The minimum Gasteiger partial charge on any atom is -0.481 e. The van der Waals surface area contributed by atoms with Crippen LogP contribution in [0.4, 0.5) is 32.0 Å². The average Bonchev–Trinajstić information content (AvgIpc) is 3.27. The van der Waals surface area contributed by atoms with Crippen molar-refractivity contribution in [3.8, 4) is 11.3 Å². The molecule has 0 spiro atoms. The number of carboxylic acid groups (broad SMARTS) is 1. The Morgan fingerprint density at radius 3 is 2.38 bits per heavy atom. The molecule has 1 aliphatic rings. The van der Waals surface area contributed by atoms with Crippen molar-refractivity contribution in [1.29, 1.82) is 0 Å². The molecule has 0 saturated carbocycles. The van der Waals surface area contributed by atoms with Gasteiger partial charge in [0.25, 0.3) is 0 Å². The fraction of sp³-hybridized carbons (Fsp3) is 0.310. The van der Waals surface area contributed by atoms with Gasteiger partial charge in [-0.1, -0.05) is 31.2 Å². The van der Waals surface area contributed by atoms with Crippen LogP contribution in [-0.4, -0.2) is 33.9 Å². The minimum atomic E-state index is -4.72. The van der Waals surface area contributed by atoms with E-state index in [1.807, 2.05) is 0 Å². The summed E-state index contributed by atoms with van der Waals surface area (Å²) in [6.45, 7) is 2.39. The van der Waals surface area contributed by atoms with Crippen LogP contribution < -0.4 is 4.90 Å². The maximum absolute atomic E-state index is 14.5. The molecule has 0 bridgehead atoms. The predicted octanol–water partition coefficient (Wildman–Crippen LogP) is 7.12. The quantitative estimate of drug-likeness (QED) is 0.255. The van der Waals surface area contributed by atoms with Crippen molar-refractivity contribution in [2.75, 3.05) is 18.0 Å². The Balaban J connectivity index is 1.57. The molecule has 0 aliphatic carbocycles. The molecule has 1 saturated heterocycles. The zero-order chi connectivity index (χ0) is 28.8. The van der Waals surface area contributed by atoms with E-state index in [-0.39, 0.29) is 22.5 Å². The number of aromatic nitrogens is 2. The Hall–Kier alpha value is -4.02. The van der Waals surface area contributed by atoms with Crippen molar-refractivity contribution in [3.05, 3.63) is 83.2 Å². The third-order valence-corrected chi connectivity index (χ3v) is 7.55. The molecule has 4 aromatic rings. The number of aliphatic carboxylic acids is 1. The summed E-state index contributed by atoms with van der Waals surface area (Å²) in [6, 6.07) is 11.5. The Bertz CT molecular complexity index is 1540. The first kappa shape index (κ1) is 27.5. The molecule has 40 heavy (non-hydrogen) atoms. The van der Waals surface area contributed by atoms with Crippen LogP contribution in [-0.2, 0) is 17.5 Å². The van der Waals surface area contributed by atoms with Crippen LogP contribution in [0.3, 0.4) is 0 Å². The molecule has 1 N–H and O–H groups in total. The highest BCUT2D eigenvalue weighted by Crippen LogP contribution is 2.39. The lowest BCUT2D eigenvalue weighted by molar-refractivity contribution is -0.143. The molecule has 3 aromatic carbocycles. The molecular weight excluding hydrogens is 536 g/mol. The van der Waals surface area contributed by atoms with Gasteiger partial charge in [-0.25, -0.2) is 13.2 Å². The first-order chi connectivity index (χ1) is 18.9. The van der Waals surface area contributed by atoms with Crippen LogP contribution in [0.15, 0.2) is 54.6 Å². The number of benzene rings is 3. The predicted molar refractivity (Wildman–Crippen MR) is 137 cm³/mol. The van der Waals surface area contributed by atoms with Gasteiger partial charge in [0.15, 0.2) is 0 Å². The van der Waals surface area contributed by atoms with E-state index in [0.29, 0.717) is 24.2 Å². The largest absolute Gasteiger partial charge is 0.481 e. The van der Waals surface area contributed by atoms with E-state index in [1.165, 1.54) is 12.1 Å². The molecule has 1 aromatic heterocycles. The van der Waals surface area contributed by atoms with Gasteiger partial charge in [-0.05, 0) is 37.0 Å². The first-order valence-corrected chi connectivity index (χ1v) is 12.7. The highest BCUT2D eigenvalue weighted by molar-refractivity contribution is 5.95. The lowest BCUT2D eigenvalue weighted by Crippen LogP contribution is -2.39. The summed E-state index contributed by atoms with van der Waals surface area (Å²) < 4.78 is 85.0. The normalized spacial score (nSPS) is 16.9. The van der Waals surface area contributed by atoms with Crippen LogP contribution >= 0.6 is 0 Å². The lowest BCUT2D eigenvalue weighted by atomic mass is 9.86. The van der Waals surface area contributed by atoms with Gasteiger partial charge >= 0.3 is 12.1 Å². The molecule has 11 heteroatoms. The van der Waals surface area contributed by atoms with E-state index in [0.717, 1.165) is 35.8 Å². The standard InChI is InChI=1S/C29H25F6N3O2/c1-16(28(39)40)18-4-3-11-37(14-18)20-9-7-17(8-10-20)27-21-5-2-6-23(29(33,34)35)26(21)36-38(27)15-22-24(31)12-19(30)13-25(22)32/h2,5-10,12-13,16,18H,3-4,11,14-15H2,1H3,(H,39,40)/t16?,18-/m0/s1. The molecular formula is C29H25F6N3O2. The first-order valence-electron chi connectivity index (χ1n) is 12.7. The number of fused-ring (bicyclic) bond motifs is 1. The van der Waals surface area contributed by atoms with Crippen molar-refractivity contribution in [3.63, 3.8) is 0 Å². The fourth-order valence-electron chi connectivity index (χ4n) is 5.36. The van der Waals surface area contributed by atoms with Crippen molar-refractivity contribution in [2.24, 2.45) is 11.8 Å². The number of halogens is 6. The number of carboxylic acids is 1. The molecule has 2 atom stereocenters. The lowest BCUT2D eigenvalue weighted by Gasteiger charge is -2.36. The highest BCUT2D eigenvalue weighted by Gasteiger charge is 2.35. The van der Waals surface area contributed by atoms with Gasteiger partial charge in [-0.2, -0.15) is 18.3 Å². The number of rotatable bonds is 6.